The molecule has 42 valence electrons. The highest BCUT2D eigenvalue weighted by Gasteiger charge is 1.80. The molecule has 0 atom stereocenters. The first-order valence-electron chi connectivity index (χ1n) is 2.19. The van der Waals surface area contributed by atoms with Crippen LogP contribution in [-0.2, 0) is 0 Å². The monoisotopic (exact) mass is 172 g/mol. The SMILES string of the molecule is Br/C=C\c1ncc[nH]1. The summed E-state index contributed by atoms with van der Waals surface area (Å²) in [4.78, 5) is 8.60. The Balaban J connectivity index is 2.77. The summed E-state index contributed by atoms with van der Waals surface area (Å²) >= 11 is 3.13. The Morgan fingerprint density at radius 3 is 3.12 bits per heavy atom. The van der Waals surface area contributed by atoms with Gasteiger partial charge in [0.1, 0.15) is 5.82 Å². The Morgan fingerprint density at radius 1 is 1.75 bits per heavy atom. The van der Waals surface area contributed by atoms with E-state index in [4.69, 9.17) is 0 Å². The minimum Gasteiger partial charge on any atom is -0.345 e. The molecule has 0 saturated heterocycles. The summed E-state index contributed by atoms with van der Waals surface area (Å²) in [6, 6.07) is 0. The smallest absolute Gasteiger partial charge is 0.130 e. The van der Waals surface area contributed by atoms with Crippen molar-refractivity contribution in [3.8, 4) is 0 Å². The fourth-order valence-electron chi connectivity index (χ4n) is 0.428. The van der Waals surface area contributed by atoms with E-state index in [-0.39, 0.29) is 0 Å². The van der Waals surface area contributed by atoms with Crippen molar-refractivity contribution >= 4 is 22.0 Å². The molecular formula is C5H5BrN2. The molecule has 0 spiro atoms. The molecule has 2 nitrogen and oxygen atoms in total. The zero-order chi connectivity index (χ0) is 5.82. The van der Waals surface area contributed by atoms with Crippen LogP contribution in [0.3, 0.4) is 0 Å². The first-order chi connectivity index (χ1) is 3.93. The van der Waals surface area contributed by atoms with Gasteiger partial charge in [-0.15, -0.1) is 0 Å². The van der Waals surface area contributed by atoms with Crippen LogP contribution in [-0.4, -0.2) is 9.97 Å². The molecule has 0 aliphatic heterocycles. The second kappa shape index (κ2) is 2.67. The molecule has 0 amide bonds. The lowest BCUT2D eigenvalue weighted by atomic mass is 10.6. The summed E-state index contributed by atoms with van der Waals surface area (Å²) in [5, 5.41) is 0. The summed E-state index contributed by atoms with van der Waals surface area (Å²) in [5.41, 5.74) is 0. The summed E-state index contributed by atoms with van der Waals surface area (Å²) < 4.78 is 0. The van der Waals surface area contributed by atoms with Crippen molar-refractivity contribution in [1.82, 2.24) is 9.97 Å². The van der Waals surface area contributed by atoms with E-state index in [9.17, 15) is 0 Å². The van der Waals surface area contributed by atoms with E-state index in [1.807, 2.05) is 6.08 Å². The van der Waals surface area contributed by atoms with Gasteiger partial charge in [0.2, 0.25) is 0 Å². The van der Waals surface area contributed by atoms with Crippen LogP contribution in [0.2, 0.25) is 0 Å². The number of imidazole rings is 1. The number of halogens is 1. The molecule has 1 aromatic heterocycles. The molecule has 3 heteroatoms. The van der Waals surface area contributed by atoms with Gasteiger partial charge in [0.05, 0.1) is 0 Å². The highest BCUT2D eigenvalue weighted by Crippen LogP contribution is 1.93. The van der Waals surface area contributed by atoms with Gasteiger partial charge in [-0.25, -0.2) is 4.98 Å². The van der Waals surface area contributed by atoms with Gasteiger partial charge < -0.3 is 4.98 Å². The van der Waals surface area contributed by atoms with Crippen LogP contribution in [0.1, 0.15) is 5.82 Å². The molecule has 1 N–H and O–H groups in total. The summed E-state index contributed by atoms with van der Waals surface area (Å²) in [5.74, 6) is 0.863. The number of rotatable bonds is 1. The maximum atomic E-state index is 3.93. The Labute approximate surface area is 55.8 Å². The first kappa shape index (κ1) is 5.56. The van der Waals surface area contributed by atoms with Crippen molar-refractivity contribution < 1.29 is 0 Å². The third-order valence-electron chi connectivity index (χ3n) is 0.740. The molecular weight excluding hydrogens is 168 g/mol. The zero-order valence-corrected chi connectivity index (χ0v) is 5.72. The number of H-pyrrole nitrogens is 1. The molecule has 0 bridgehead atoms. The fraction of sp³-hybridized carbons (Fsp3) is 0. The third-order valence-corrected chi connectivity index (χ3v) is 1.00. The van der Waals surface area contributed by atoms with Crippen LogP contribution in [0.15, 0.2) is 17.4 Å². The highest BCUT2D eigenvalue weighted by atomic mass is 79.9. The highest BCUT2D eigenvalue weighted by molar-refractivity contribution is 9.11. The zero-order valence-electron chi connectivity index (χ0n) is 4.13. The minimum atomic E-state index is 0.863. The minimum absolute atomic E-state index is 0.863. The van der Waals surface area contributed by atoms with E-state index >= 15 is 0 Å². The Hall–Kier alpha value is -0.570. The largest absolute Gasteiger partial charge is 0.345 e. The predicted molar refractivity (Wildman–Crippen MR) is 36.5 cm³/mol. The molecule has 1 heterocycles. The molecule has 0 radical (unpaired) electrons. The fourth-order valence-corrected chi connectivity index (χ4v) is 0.679. The standard InChI is InChI=1S/C5H5BrN2/c6-2-1-5-7-3-4-8-5/h1-4H,(H,7,8)/b2-1-. The Kier molecular flexibility index (Phi) is 1.86. The van der Waals surface area contributed by atoms with Crippen molar-refractivity contribution in [3.05, 3.63) is 23.2 Å². The molecule has 0 aliphatic rings. The lowest BCUT2D eigenvalue weighted by Gasteiger charge is -1.75. The molecule has 1 aromatic rings. The first-order valence-corrected chi connectivity index (χ1v) is 3.11. The number of aromatic amines is 1. The third kappa shape index (κ3) is 1.20. The second-order valence-corrected chi connectivity index (χ2v) is 1.80. The summed E-state index contributed by atoms with van der Waals surface area (Å²) in [7, 11) is 0. The number of hydrogen-bond acceptors (Lipinski definition) is 1. The van der Waals surface area contributed by atoms with Crippen LogP contribution < -0.4 is 0 Å². The maximum absolute atomic E-state index is 3.93. The van der Waals surface area contributed by atoms with Crippen molar-refractivity contribution in [3.63, 3.8) is 0 Å². The predicted octanol–water partition coefficient (Wildman–Crippen LogP) is 1.78. The second-order valence-electron chi connectivity index (χ2n) is 1.27. The van der Waals surface area contributed by atoms with E-state index in [0.29, 0.717) is 0 Å². The van der Waals surface area contributed by atoms with Gasteiger partial charge in [-0.2, -0.15) is 0 Å². The van der Waals surface area contributed by atoms with Crippen LogP contribution in [0.5, 0.6) is 0 Å². The summed E-state index contributed by atoms with van der Waals surface area (Å²) in [6.45, 7) is 0. The number of nitrogens with zero attached hydrogens (tertiary/aromatic N) is 1. The van der Waals surface area contributed by atoms with Gasteiger partial charge >= 0.3 is 0 Å². The number of nitrogens with one attached hydrogen (secondary N) is 1. The number of hydrogen-bond donors (Lipinski definition) is 1. The number of aromatic nitrogens is 2. The topological polar surface area (TPSA) is 28.7 Å². The Bertz CT molecular complexity index is 167. The van der Waals surface area contributed by atoms with Crippen LogP contribution in [0.25, 0.3) is 6.08 Å². The molecule has 0 saturated carbocycles. The van der Waals surface area contributed by atoms with Crippen LogP contribution in [0, 0.1) is 0 Å². The van der Waals surface area contributed by atoms with E-state index in [0.717, 1.165) is 5.82 Å². The lowest BCUT2D eigenvalue weighted by Crippen LogP contribution is -1.69. The molecule has 0 unspecified atom stereocenters. The van der Waals surface area contributed by atoms with Crippen LogP contribution in [0.4, 0.5) is 0 Å². The van der Waals surface area contributed by atoms with Gasteiger partial charge in [-0.3, -0.25) is 0 Å². The van der Waals surface area contributed by atoms with Gasteiger partial charge in [0.15, 0.2) is 0 Å². The van der Waals surface area contributed by atoms with Gasteiger partial charge in [-0.05, 0) is 11.1 Å². The van der Waals surface area contributed by atoms with Crippen molar-refractivity contribution in [2.75, 3.05) is 0 Å². The molecule has 0 fully saturated rings. The van der Waals surface area contributed by atoms with Crippen molar-refractivity contribution in [1.29, 1.82) is 0 Å². The average molecular weight is 173 g/mol. The van der Waals surface area contributed by atoms with Crippen molar-refractivity contribution in [2.45, 2.75) is 0 Å². The maximum Gasteiger partial charge on any atom is 0.130 e. The van der Waals surface area contributed by atoms with E-state index in [1.54, 1.807) is 17.4 Å². The molecule has 0 aliphatic carbocycles. The van der Waals surface area contributed by atoms with Gasteiger partial charge in [0.25, 0.3) is 0 Å². The van der Waals surface area contributed by atoms with Gasteiger partial charge in [-0.1, -0.05) is 15.9 Å². The van der Waals surface area contributed by atoms with E-state index < -0.39 is 0 Å². The molecule has 1 rings (SSSR count). The lowest BCUT2D eigenvalue weighted by molar-refractivity contribution is 1.27. The van der Waals surface area contributed by atoms with E-state index in [2.05, 4.69) is 25.9 Å². The quantitative estimate of drug-likeness (QED) is 0.688. The van der Waals surface area contributed by atoms with Crippen molar-refractivity contribution in [2.24, 2.45) is 0 Å². The van der Waals surface area contributed by atoms with Crippen LogP contribution >= 0.6 is 15.9 Å². The molecule has 0 aromatic carbocycles. The summed E-state index contributed by atoms with van der Waals surface area (Å²) in [6.07, 6.45) is 5.32. The molecule has 8 heavy (non-hydrogen) atoms. The average Bonchev–Trinajstić information content (AvgIpc) is 2.19. The van der Waals surface area contributed by atoms with Gasteiger partial charge in [0, 0.05) is 12.4 Å². The van der Waals surface area contributed by atoms with E-state index in [1.165, 1.54) is 0 Å². The normalized spacial score (nSPS) is 10.6. The Morgan fingerprint density at radius 2 is 2.62 bits per heavy atom.